The van der Waals surface area contributed by atoms with E-state index in [1.54, 1.807) is 6.07 Å². The van der Waals surface area contributed by atoms with E-state index in [0.29, 0.717) is 0 Å². The maximum atomic E-state index is 13.4. The molecule has 0 aliphatic rings. The van der Waals surface area contributed by atoms with E-state index in [1.165, 1.54) is 30.3 Å². The number of hydrogen-bond acceptors (Lipinski definition) is 5. The molecule has 0 fully saturated rings. The van der Waals surface area contributed by atoms with E-state index in [2.05, 4.69) is 10.7 Å². The summed E-state index contributed by atoms with van der Waals surface area (Å²) >= 11 is 0. The molecule has 108 valence electrons. The minimum absolute atomic E-state index is 0.00817. The number of halogens is 1. The molecule has 2 aromatic carbocycles. The number of hydrazine groups is 1. The molecular weight excluding hydrogens is 279 g/mol. The van der Waals surface area contributed by atoms with Crippen molar-refractivity contribution in [2.75, 3.05) is 10.7 Å². The molecule has 21 heavy (non-hydrogen) atoms. The fourth-order valence-corrected chi connectivity index (χ4v) is 1.70. The lowest BCUT2D eigenvalue weighted by Crippen LogP contribution is -2.14. The van der Waals surface area contributed by atoms with Crippen LogP contribution < -0.4 is 16.6 Å². The second kappa shape index (κ2) is 5.97. The molecule has 8 heteroatoms. The molecule has 0 heterocycles. The quantitative estimate of drug-likeness (QED) is 0.454. The van der Waals surface area contributed by atoms with Gasteiger partial charge in [0.05, 0.1) is 10.6 Å². The third kappa shape index (κ3) is 3.12. The average molecular weight is 290 g/mol. The van der Waals surface area contributed by atoms with Crippen molar-refractivity contribution in [3.63, 3.8) is 0 Å². The summed E-state index contributed by atoms with van der Waals surface area (Å²) in [7, 11) is 0. The second-order valence-electron chi connectivity index (χ2n) is 4.07. The molecule has 0 aliphatic heterocycles. The van der Waals surface area contributed by atoms with Gasteiger partial charge in [-0.2, -0.15) is 0 Å². The molecule has 0 saturated heterocycles. The Morgan fingerprint density at radius 2 is 1.90 bits per heavy atom. The maximum absolute atomic E-state index is 13.4. The number of para-hydroxylation sites is 1. The Morgan fingerprint density at radius 3 is 2.52 bits per heavy atom. The van der Waals surface area contributed by atoms with Gasteiger partial charge in [-0.1, -0.05) is 12.1 Å². The number of rotatable bonds is 4. The first-order valence-electron chi connectivity index (χ1n) is 5.84. The van der Waals surface area contributed by atoms with Crippen molar-refractivity contribution < 1.29 is 14.1 Å². The predicted octanol–water partition coefficient (Wildman–Crippen LogP) is 2.27. The molecule has 7 nitrogen and oxygen atoms in total. The molecule has 0 unspecified atom stereocenters. The van der Waals surface area contributed by atoms with Crippen LogP contribution in [0.3, 0.4) is 0 Å². The van der Waals surface area contributed by atoms with Crippen LogP contribution in [0.15, 0.2) is 42.5 Å². The number of benzene rings is 2. The Hall–Kier alpha value is -3.00. The zero-order valence-electron chi connectivity index (χ0n) is 10.7. The average Bonchev–Trinajstić information content (AvgIpc) is 2.48. The molecule has 0 bridgehead atoms. The highest BCUT2D eigenvalue weighted by atomic mass is 19.1. The van der Waals surface area contributed by atoms with E-state index in [9.17, 15) is 19.3 Å². The third-order valence-corrected chi connectivity index (χ3v) is 2.73. The second-order valence-corrected chi connectivity index (χ2v) is 4.07. The smallest absolute Gasteiger partial charge is 0.294 e. The highest BCUT2D eigenvalue weighted by Crippen LogP contribution is 2.25. The van der Waals surface area contributed by atoms with Gasteiger partial charge in [0.1, 0.15) is 11.5 Å². The van der Waals surface area contributed by atoms with E-state index in [1.807, 2.05) is 0 Å². The first kappa shape index (κ1) is 14.4. The van der Waals surface area contributed by atoms with E-state index in [0.717, 1.165) is 6.07 Å². The van der Waals surface area contributed by atoms with E-state index >= 15 is 0 Å². The molecule has 0 aromatic heterocycles. The van der Waals surface area contributed by atoms with Crippen molar-refractivity contribution >= 4 is 23.0 Å². The number of amides is 1. The minimum Gasteiger partial charge on any atom is -0.319 e. The number of hydrogen-bond donors (Lipinski definition) is 3. The number of nitro benzene ring substituents is 1. The van der Waals surface area contributed by atoms with E-state index < -0.39 is 16.6 Å². The SMILES string of the molecule is NNc1ccc(C(=O)Nc2ccccc2F)cc1[N+](=O)[O-]. The lowest BCUT2D eigenvalue weighted by molar-refractivity contribution is -0.384. The van der Waals surface area contributed by atoms with Gasteiger partial charge < -0.3 is 10.7 Å². The van der Waals surface area contributed by atoms with Crippen LogP contribution in [0.2, 0.25) is 0 Å². The van der Waals surface area contributed by atoms with Crippen LogP contribution in [-0.2, 0) is 0 Å². The Morgan fingerprint density at radius 1 is 1.19 bits per heavy atom. The van der Waals surface area contributed by atoms with Crippen molar-refractivity contribution in [1.82, 2.24) is 0 Å². The van der Waals surface area contributed by atoms with Gasteiger partial charge in [-0.25, -0.2) is 4.39 Å². The minimum atomic E-state index is -0.672. The monoisotopic (exact) mass is 290 g/mol. The van der Waals surface area contributed by atoms with Crippen LogP contribution in [-0.4, -0.2) is 10.8 Å². The number of nitrogens with one attached hydrogen (secondary N) is 2. The van der Waals surface area contributed by atoms with Gasteiger partial charge in [0, 0.05) is 11.6 Å². The third-order valence-electron chi connectivity index (χ3n) is 2.73. The summed E-state index contributed by atoms with van der Waals surface area (Å²) < 4.78 is 13.4. The molecule has 0 aliphatic carbocycles. The maximum Gasteiger partial charge on any atom is 0.294 e. The summed E-state index contributed by atoms with van der Waals surface area (Å²) in [5, 5.41) is 13.2. The zero-order valence-corrected chi connectivity index (χ0v) is 10.7. The first-order valence-corrected chi connectivity index (χ1v) is 5.84. The van der Waals surface area contributed by atoms with Crippen LogP contribution in [0.25, 0.3) is 0 Å². The lowest BCUT2D eigenvalue weighted by atomic mass is 10.1. The van der Waals surface area contributed by atoms with E-state index in [-0.39, 0.29) is 22.6 Å². The van der Waals surface area contributed by atoms with Crippen LogP contribution in [0.5, 0.6) is 0 Å². The number of nitrogens with zero attached hydrogens (tertiary/aromatic N) is 1. The van der Waals surface area contributed by atoms with Gasteiger partial charge in [-0.15, -0.1) is 0 Å². The van der Waals surface area contributed by atoms with Crippen LogP contribution in [0, 0.1) is 15.9 Å². The summed E-state index contributed by atoms with van der Waals surface area (Å²) in [5.74, 6) is 3.90. The van der Waals surface area contributed by atoms with Crippen molar-refractivity contribution in [3.8, 4) is 0 Å². The zero-order chi connectivity index (χ0) is 15.4. The van der Waals surface area contributed by atoms with Crippen molar-refractivity contribution in [2.45, 2.75) is 0 Å². The lowest BCUT2D eigenvalue weighted by Gasteiger charge is -2.07. The molecule has 0 saturated carbocycles. The summed E-state index contributed by atoms with van der Waals surface area (Å²) in [6.07, 6.45) is 0. The van der Waals surface area contributed by atoms with Gasteiger partial charge in [-0.05, 0) is 24.3 Å². The fraction of sp³-hybridized carbons (Fsp3) is 0. The Balaban J connectivity index is 2.30. The standard InChI is InChI=1S/C13H11FN4O3/c14-9-3-1-2-4-10(9)16-13(19)8-5-6-11(17-15)12(7-8)18(20)21/h1-7,17H,15H2,(H,16,19). The Bertz CT molecular complexity index is 706. The van der Waals surface area contributed by atoms with Gasteiger partial charge in [0.15, 0.2) is 0 Å². The number of nitro groups is 1. The molecule has 2 aromatic rings. The topological polar surface area (TPSA) is 110 Å². The number of nitrogens with two attached hydrogens (primary N) is 1. The molecular formula is C13H11FN4O3. The number of carbonyl (C=O) groups excluding carboxylic acids is 1. The summed E-state index contributed by atoms with van der Waals surface area (Å²) in [5.41, 5.74) is 1.90. The van der Waals surface area contributed by atoms with E-state index in [4.69, 9.17) is 5.84 Å². The van der Waals surface area contributed by atoms with Crippen molar-refractivity contribution in [1.29, 1.82) is 0 Å². The van der Waals surface area contributed by atoms with Crippen molar-refractivity contribution in [3.05, 3.63) is 64.0 Å². The van der Waals surface area contributed by atoms with Gasteiger partial charge >= 0.3 is 0 Å². The summed E-state index contributed by atoms with van der Waals surface area (Å²) in [6.45, 7) is 0. The molecule has 2 rings (SSSR count). The van der Waals surface area contributed by atoms with Crippen LogP contribution in [0.4, 0.5) is 21.5 Å². The highest BCUT2D eigenvalue weighted by Gasteiger charge is 2.17. The Kier molecular flexibility index (Phi) is 4.10. The largest absolute Gasteiger partial charge is 0.319 e. The molecule has 0 radical (unpaired) electrons. The first-order chi connectivity index (χ1) is 10.0. The number of carbonyl (C=O) groups is 1. The fourth-order valence-electron chi connectivity index (χ4n) is 1.70. The number of nitrogen functional groups attached to an aromatic ring is 1. The van der Waals surface area contributed by atoms with Crippen LogP contribution >= 0.6 is 0 Å². The number of anilines is 2. The molecule has 1 amide bonds. The Labute approximate surface area is 118 Å². The molecule has 0 spiro atoms. The van der Waals surface area contributed by atoms with Crippen LogP contribution in [0.1, 0.15) is 10.4 Å². The normalized spacial score (nSPS) is 10.0. The van der Waals surface area contributed by atoms with Gasteiger partial charge in [-0.3, -0.25) is 20.8 Å². The van der Waals surface area contributed by atoms with Crippen molar-refractivity contribution in [2.24, 2.45) is 5.84 Å². The molecule has 0 atom stereocenters. The molecule has 4 N–H and O–H groups in total. The predicted molar refractivity (Wildman–Crippen MR) is 75.3 cm³/mol. The highest BCUT2D eigenvalue weighted by molar-refractivity contribution is 6.05. The summed E-state index contributed by atoms with van der Waals surface area (Å²) in [6, 6.07) is 9.33. The van der Waals surface area contributed by atoms with Gasteiger partial charge in [0.2, 0.25) is 0 Å². The summed E-state index contributed by atoms with van der Waals surface area (Å²) in [4.78, 5) is 22.2. The van der Waals surface area contributed by atoms with Gasteiger partial charge in [0.25, 0.3) is 11.6 Å².